The summed E-state index contributed by atoms with van der Waals surface area (Å²) in [6, 6.07) is 4.51. The fourth-order valence-corrected chi connectivity index (χ4v) is 4.49. The lowest BCUT2D eigenvalue weighted by molar-refractivity contribution is 0.102. The molecule has 1 aromatic carbocycles. The van der Waals surface area contributed by atoms with E-state index in [4.69, 9.17) is 22.1 Å². The van der Waals surface area contributed by atoms with Gasteiger partial charge in [0.1, 0.15) is 18.0 Å². The Bertz CT molecular complexity index is 1010. The lowest BCUT2D eigenvalue weighted by atomic mass is 9.88. The van der Waals surface area contributed by atoms with Crippen LogP contribution in [0.15, 0.2) is 29.4 Å². The van der Waals surface area contributed by atoms with Gasteiger partial charge in [0.2, 0.25) is 0 Å². The minimum absolute atomic E-state index is 0.0805. The van der Waals surface area contributed by atoms with Gasteiger partial charge in [0, 0.05) is 35.8 Å². The number of benzene rings is 1. The summed E-state index contributed by atoms with van der Waals surface area (Å²) in [5.41, 5.74) is 5.91. The van der Waals surface area contributed by atoms with Crippen LogP contribution < -0.4 is 11.1 Å². The zero-order chi connectivity index (χ0) is 18.3. The average molecular weight is 376 g/mol. The van der Waals surface area contributed by atoms with Crippen molar-refractivity contribution in [1.82, 2.24) is 9.78 Å². The fraction of sp³-hybridized carbons (Fsp3) is 0.353. The third kappa shape index (κ3) is 1.85. The molecule has 0 bridgehead atoms. The van der Waals surface area contributed by atoms with E-state index in [2.05, 4.69) is 15.4 Å². The van der Waals surface area contributed by atoms with E-state index in [1.54, 1.807) is 13.1 Å². The third-order valence-electron chi connectivity index (χ3n) is 5.65. The van der Waals surface area contributed by atoms with Crippen LogP contribution in [0.25, 0.3) is 0 Å². The molecule has 134 valence electrons. The Balaban J connectivity index is 1.48. The number of nitrogens with zero attached hydrogens (tertiary/aromatic N) is 3. The number of nitrogens with one attached hydrogen (secondary N) is 1. The van der Waals surface area contributed by atoms with E-state index in [1.807, 2.05) is 0 Å². The fourth-order valence-electron chi connectivity index (χ4n) is 4.22. The minimum atomic E-state index is -0.664. The molecule has 1 spiro atoms. The molecule has 2 fully saturated rings. The number of aromatic nitrogens is 2. The van der Waals surface area contributed by atoms with Gasteiger partial charge in [-0.05, 0) is 24.6 Å². The molecule has 2 aliphatic carbocycles. The second-order valence-corrected chi connectivity index (χ2v) is 7.47. The zero-order valence-electron chi connectivity index (χ0n) is 13.8. The van der Waals surface area contributed by atoms with Gasteiger partial charge in [0.25, 0.3) is 11.9 Å². The van der Waals surface area contributed by atoms with Crippen molar-refractivity contribution in [3.05, 3.63) is 46.5 Å². The number of ether oxygens (including phenoxy) is 1. The van der Waals surface area contributed by atoms with E-state index in [-0.39, 0.29) is 33.9 Å². The molecule has 2 unspecified atom stereocenters. The van der Waals surface area contributed by atoms with Gasteiger partial charge in [0.15, 0.2) is 5.69 Å². The van der Waals surface area contributed by atoms with Gasteiger partial charge in [-0.15, -0.1) is 0 Å². The Morgan fingerprint density at radius 1 is 1.54 bits per heavy atom. The van der Waals surface area contributed by atoms with E-state index in [9.17, 15) is 9.18 Å². The van der Waals surface area contributed by atoms with Crippen molar-refractivity contribution in [2.45, 2.75) is 12.0 Å². The van der Waals surface area contributed by atoms with Crippen LogP contribution in [0, 0.1) is 17.2 Å². The van der Waals surface area contributed by atoms with E-state index in [0.717, 1.165) is 6.42 Å². The second-order valence-electron chi connectivity index (χ2n) is 7.07. The number of aliphatic imine (C=N–C) groups is 1. The van der Waals surface area contributed by atoms with Gasteiger partial charge >= 0.3 is 0 Å². The normalized spacial score (nSPS) is 30.6. The molecular weight excluding hydrogens is 361 g/mol. The van der Waals surface area contributed by atoms with Crippen molar-refractivity contribution in [3.8, 4) is 0 Å². The summed E-state index contributed by atoms with van der Waals surface area (Å²) in [7, 11) is 1.67. The number of amides is 1. The summed E-state index contributed by atoms with van der Waals surface area (Å²) >= 11 is 6.00. The number of hydrogen-bond donors (Lipinski definition) is 2. The summed E-state index contributed by atoms with van der Waals surface area (Å²) in [4.78, 5) is 16.8. The molecule has 0 radical (unpaired) electrons. The Morgan fingerprint density at radius 2 is 2.35 bits per heavy atom. The van der Waals surface area contributed by atoms with Crippen LogP contribution in [0.5, 0.6) is 0 Å². The maximum atomic E-state index is 14.6. The Morgan fingerprint density at radius 3 is 3.04 bits per heavy atom. The molecule has 0 saturated heterocycles. The van der Waals surface area contributed by atoms with E-state index in [1.165, 1.54) is 23.0 Å². The number of rotatable bonds is 3. The lowest BCUT2D eigenvalue weighted by Crippen LogP contribution is -2.35. The highest BCUT2D eigenvalue weighted by Crippen LogP contribution is 2.89. The van der Waals surface area contributed by atoms with Gasteiger partial charge in [-0.3, -0.25) is 9.48 Å². The van der Waals surface area contributed by atoms with Gasteiger partial charge in [-0.25, -0.2) is 9.38 Å². The molecule has 3 atom stereocenters. The summed E-state index contributed by atoms with van der Waals surface area (Å²) in [5, 5.41) is 6.99. The Hall–Kier alpha value is -2.61. The van der Waals surface area contributed by atoms with Crippen LogP contribution in [0.4, 0.5) is 10.1 Å². The molecule has 26 heavy (non-hydrogen) atoms. The highest BCUT2D eigenvalue weighted by molar-refractivity contribution is 6.34. The highest BCUT2D eigenvalue weighted by atomic mass is 35.5. The predicted octanol–water partition coefficient (Wildman–Crippen LogP) is 2.03. The largest absolute Gasteiger partial charge is 0.465 e. The topological polar surface area (TPSA) is 94.5 Å². The lowest BCUT2D eigenvalue weighted by Gasteiger charge is -2.29. The number of carbonyl (C=O) groups excluding carboxylic acids is 1. The van der Waals surface area contributed by atoms with Gasteiger partial charge < -0.3 is 15.8 Å². The minimum Gasteiger partial charge on any atom is -0.465 e. The molecule has 1 aromatic heterocycles. The van der Waals surface area contributed by atoms with Gasteiger partial charge in [-0.1, -0.05) is 11.6 Å². The molecule has 2 aromatic rings. The molecule has 3 N–H and O–H groups in total. The number of hydrogen-bond acceptors (Lipinski definition) is 5. The van der Waals surface area contributed by atoms with Crippen molar-refractivity contribution < 1.29 is 13.9 Å². The quantitative estimate of drug-likeness (QED) is 0.858. The highest BCUT2D eigenvalue weighted by Gasteiger charge is 2.92. The predicted molar refractivity (Wildman–Crippen MR) is 92.4 cm³/mol. The van der Waals surface area contributed by atoms with Crippen LogP contribution >= 0.6 is 11.6 Å². The number of halogens is 2. The Labute approximate surface area is 153 Å². The number of amidine groups is 1. The molecule has 2 heterocycles. The third-order valence-corrected chi connectivity index (χ3v) is 5.93. The van der Waals surface area contributed by atoms with Crippen molar-refractivity contribution in [2.24, 2.45) is 29.1 Å². The summed E-state index contributed by atoms with van der Waals surface area (Å²) < 4.78 is 21.4. The first-order valence-electron chi connectivity index (χ1n) is 8.16. The van der Waals surface area contributed by atoms with Gasteiger partial charge in [0.05, 0.1) is 5.02 Å². The summed E-state index contributed by atoms with van der Waals surface area (Å²) in [6.07, 6.45) is 2.48. The number of fused-ring (bicyclic) bond motifs is 1. The van der Waals surface area contributed by atoms with Crippen molar-refractivity contribution >= 4 is 29.2 Å². The molecule has 3 aliphatic rings. The van der Waals surface area contributed by atoms with Crippen LogP contribution in [0.2, 0.25) is 5.02 Å². The second kappa shape index (κ2) is 4.76. The Kier molecular flexibility index (Phi) is 2.86. The van der Waals surface area contributed by atoms with Crippen LogP contribution in [-0.2, 0) is 17.3 Å². The van der Waals surface area contributed by atoms with Crippen molar-refractivity contribution in [1.29, 1.82) is 0 Å². The van der Waals surface area contributed by atoms with Gasteiger partial charge in [-0.2, -0.15) is 5.10 Å². The molecule has 1 amide bonds. The molecule has 1 aliphatic heterocycles. The monoisotopic (exact) mass is 375 g/mol. The molecule has 9 heteroatoms. The van der Waals surface area contributed by atoms with Crippen LogP contribution in [0.1, 0.15) is 22.5 Å². The van der Waals surface area contributed by atoms with E-state index < -0.39 is 11.4 Å². The first kappa shape index (κ1) is 15.6. The van der Waals surface area contributed by atoms with Crippen molar-refractivity contribution in [2.75, 3.05) is 11.9 Å². The van der Waals surface area contributed by atoms with Crippen molar-refractivity contribution in [3.63, 3.8) is 0 Å². The standard InChI is InChI=1S/C17H15ClFN5O2/c1-24-6-10(18)13(23-24)14(25)21-8-2-3-11(19)9(4-8)17-12-5-16(12,17)7-26-15(20)22-17/h2-4,6,12H,5,7H2,1H3,(H2,20,22)(H,21,25)/t12?,16?,17-/m0/s1. The smallest absolute Gasteiger partial charge is 0.282 e. The molecular formula is C17H15ClFN5O2. The number of carbonyl (C=O) groups is 1. The number of anilines is 1. The molecule has 5 rings (SSSR count). The summed E-state index contributed by atoms with van der Waals surface area (Å²) in [6.45, 7) is 0.451. The zero-order valence-corrected chi connectivity index (χ0v) is 14.5. The summed E-state index contributed by atoms with van der Waals surface area (Å²) in [5.74, 6) is -0.595. The maximum absolute atomic E-state index is 14.6. The molecule has 2 saturated carbocycles. The SMILES string of the molecule is Cn1cc(Cl)c(C(=O)Nc2ccc(F)c([C@@]34N=C(N)OCC35CC54)c2)n1. The van der Waals surface area contributed by atoms with Crippen LogP contribution in [-0.4, -0.2) is 28.3 Å². The number of nitrogens with two attached hydrogens (primary N) is 1. The molecule has 7 nitrogen and oxygen atoms in total. The first-order valence-corrected chi connectivity index (χ1v) is 8.54. The first-order chi connectivity index (χ1) is 12.4. The van der Waals surface area contributed by atoms with E-state index in [0.29, 0.717) is 17.9 Å². The number of aryl methyl sites for hydroxylation is 1. The maximum Gasteiger partial charge on any atom is 0.282 e. The average Bonchev–Trinajstić information content (AvgIpc) is 3.41. The van der Waals surface area contributed by atoms with E-state index >= 15 is 0 Å². The van der Waals surface area contributed by atoms with Crippen LogP contribution in [0.3, 0.4) is 0 Å².